The van der Waals surface area contributed by atoms with Gasteiger partial charge in [0.2, 0.25) is 0 Å². The van der Waals surface area contributed by atoms with E-state index < -0.39 is 0 Å². The van der Waals surface area contributed by atoms with Crippen LogP contribution in [0.4, 0.5) is 5.13 Å². The minimum Gasteiger partial charge on any atom is -0.344 e. The summed E-state index contributed by atoms with van der Waals surface area (Å²) < 4.78 is 0. The van der Waals surface area contributed by atoms with E-state index in [1.807, 2.05) is 24.4 Å². The second-order valence-corrected chi connectivity index (χ2v) is 6.95. The number of rotatable bonds is 6. The van der Waals surface area contributed by atoms with E-state index in [-0.39, 0.29) is 6.04 Å². The maximum Gasteiger partial charge on any atom is 0.185 e. The molecule has 1 aromatic carbocycles. The van der Waals surface area contributed by atoms with Crippen molar-refractivity contribution < 1.29 is 0 Å². The van der Waals surface area contributed by atoms with Gasteiger partial charge in [-0.05, 0) is 18.6 Å². The van der Waals surface area contributed by atoms with Crippen LogP contribution in [0.15, 0.2) is 30.5 Å². The van der Waals surface area contributed by atoms with E-state index in [0.29, 0.717) is 6.04 Å². The van der Waals surface area contributed by atoms with Crippen molar-refractivity contribution in [1.82, 2.24) is 10.3 Å². The summed E-state index contributed by atoms with van der Waals surface area (Å²) in [6.07, 6.45) is 1.95. The fourth-order valence-corrected chi connectivity index (χ4v) is 3.23. The molecule has 0 bridgehead atoms. The Hall–Kier alpha value is -1.10. The molecule has 1 unspecified atom stereocenters. The number of hydrogen-bond donors (Lipinski definition) is 1. The van der Waals surface area contributed by atoms with Crippen LogP contribution in [0, 0.1) is 0 Å². The Bertz CT molecular complexity index is 582. The molecule has 1 N–H and O–H groups in total. The molecule has 0 saturated carbocycles. The number of nitrogens with zero attached hydrogens (tertiary/aromatic N) is 2. The summed E-state index contributed by atoms with van der Waals surface area (Å²) in [6, 6.07) is 8.65. The Morgan fingerprint density at radius 1 is 1.29 bits per heavy atom. The lowest BCUT2D eigenvalue weighted by Gasteiger charge is -2.25. The van der Waals surface area contributed by atoms with E-state index in [0.717, 1.165) is 22.3 Å². The second kappa shape index (κ2) is 7.25. The van der Waals surface area contributed by atoms with Crippen LogP contribution in [0.1, 0.15) is 37.3 Å². The minimum atomic E-state index is 0.191. The summed E-state index contributed by atoms with van der Waals surface area (Å²) in [5.74, 6) is 0. The molecule has 1 aromatic heterocycles. The van der Waals surface area contributed by atoms with Crippen molar-refractivity contribution in [2.45, 2.75) is 39.4 Å². The van der Waals surface area contributed by atoms with Crippen molar-refractivity contribution >= 4 is 28.1 Å². The topological polar surface area (TPSA) is 28.2 Å². The van der Waals surface area contributed by atoms with Crippen molar-refractivity contribution in [3.63, 3.8) is 0 Å². The lowest BCUT2D eigenvalue weighted by atomic mass is 10.1. The van der Waals surface area contributed by atoms with Crippen LogP contribution >= 0.6 is 22.9 Å². The molecule has 0 aliphatic heterocycles. The molecular weight excluding hydrogens is 302 g/mol. The Kier molecular flexibility index (Phi) is 5.62. The van der Waals surface area contributed by atoms with Gasteiger partial charge >= 0.3 is 0 Å². The Morgan fingerprint density at radius 3 is 2.67 bits per heavy atom. The highest BCUT2D eigenvalue weighted by Gasteiger charge is 2.17. The van der Waals surface area contributed by atoms with Crippen LogP contribution in [0.5, 0.6) is 0 Å². The van der Waals surface area contributed by atoms with Crippen molar-refractivity contribution in [2.24, 2.45) is 0 Å². The molecule has 3 nitrogen and oxygen atoms in total. The van der Waals surface area contributed by atoms with Gasteiger partial charge in [0.15, 0.2) is 5.13 Å². The molecule has 2 aromatic rings. The van der Waals surface area contributed by atoms with Crippen LogP contribution in [0.3, 0.4) is 0 Å². The largest absolute Gasteiger partial charge is 0.344 e. The predicted octanol–water partition coefficient (Wildman–Crippen LogP) is 4.49. The predicted molar refractivity (Wildman–Crippen MR) is 92.4 cm³/mol. The summed E-state index contributed by atoms with van der Waals surface area (Å²) in [5, 5.41) is 5.23. The van der Waals surface area contributed by atoms with Gasteiger partial charge in [0.1, 0.15) is 0 Å². The van der Waals surface area contributed by atoms with Gasteiger partial charge in [-0.2, -0.15) is 0 Å². The smallest absolute Gasteiger partial charge is 0.185 e. The fraction of sp³-hybridized carbons (Fsp3) is 0.438. The van der Waals surface area contributed by atoms with Crippen molar-refractivity contribution in [2.75, 3.05) is 11.9 Å². The lowest BCUT2D eigenvalue weighted by molar-refractivity contribution is 0.593. The van der Waals surface area contributed by atoms with Gasteiger partial charge in [0.25, 0.3) is 0 Å². The van der Waals surface area contributed by atoms with Crippen LogP contribution in [0.25, 0.3) is 0 Å². The molecule has 1 atom stereocenters. The molecule has 0 aliphatic rings. The van der Waals surface area contributed by atoms with Gasteiger partial charge < -0.3 is 10.2 Å². The number of nitrogens with one attached hydrogen (secondary N) is 1. The summed E-state index contributed by atoms with van der Waals surface area (Å²) >= 11 is 8.01. The maximum absolute atomic E-state index is 6.29. The van der Waals surface area contributed by atoms with E-state index in [4.69, 9.17) is 11.6 Å². The normalized spacial score (nSPS) is 12.7. The Balaban J connectivity index is 2.09. The molecule has 21 heavy (non-hydrogen) atoms. The second-order valence-electron chi connectivity index (χ2n) is 5.45. The Morgan fingerprint density at radius 2 is 2.00 bits per heavy atom. The molecule has 0 saturated heterocycles. The highest BCUT2D eigenvalue weighted by molar-refractivity contribution is 7.15. The zero-order chi connectivity index (χ0) is 15.4. The van der Waals surface area contributed by atoms with Crippen molar-refractivity contribution in [1.29, 1.82) is 0 Å². The van der Waals surface area contributed by atoms with Crippen LogP contribution < -0.4 is 10.2 Å². The molecule has 5 heteroatoms. The molecular formula is C16H22ClN3S. The number of halogens is 1. The number of aromatic nitrogens is 1. The number of hydrogen-bond acceptors (Lipinski definition) is 4. The first-order chi connectivity index (χ1) is 9.99. The third kappa shape index (κ3) is 4.19. The fourth-order valence-electron chi connectivity index (χ4n) is 2.03. The minimum absolute atomic E-state index is 0.191. The third-order valence-electron chi connectivity index (χ3n) is 3.46. The summed E-state index contributed by atoms with van der Waals surface area (Å²) in [6.45, 7) is 7.30. The first-order valence-corrected chi connectivity index (χ1v) is 8.34. The molecule has 2 rings (SSSR count). The number of benzene rings is 1. The van der Waals surface area contributed by atoms with Crippen LogP contribution in [-0.4, -0.2) is 18.1 Å². The summed E-state index contributed by atoms with van der Waals surface area (Å²) in [4.78, 5) is 7.95. The van der Waals surface area contributed by atoms with Gasteiger partial charge in [-0.1, -0.05) is 43.6 Å². The average Bonchev–Trinajstić information content (AvgIpc) is 2.93. The molecule has 1 heterocycles. The summed E-state index contributed by atoms with van der Waals surface area (Å²) in [5.41, 5.74) is 1.12. The maximum atomic E-state index is 6.29. The molecule has 0 radical (unpaired) electrons. The highest BCUT2D eigenvalue weighted by atomic mass is 35.5. The quantitative estimate of drug-likeness (QED) is 0.848. The van der Waals surface area contributed by atoms with E-state index in [9.17, 15) is 0 Å². The zero-order valence-electron chi connectivity index (χ0n) is 12.9. The van der Waals surface area contributed by atoms with E-state index in [1.165, 1.54) is 4.88 Å². The Labute approximate surface area is 136 Å². The van der Waals surface area contributed by atoms with Crippen LogP contribution in [0.2, 0.25) is 5.02 Å². The van der Waals surface area contributed by atoms with E-state index in [1.54, 1.807) is 11.3 Å². The van der Waals surface area contributed by atoms with E-state index >= 15 is 0 Å². The van der Waals surface area contributed by atoms with E-state index in [2.05, 4.69) is 49.1 Å². The highest BCUT2D eigenvalue weighted by Crippen LogP contribution is 2.32. The number of thiazole rings is 1. The molecule has 0 fully saturated rings. The monoisotopic (exact) mass is 323 g/mol. The third-order valence-corrected chi connectivity index (χ3v) is 4.90. The van der Waals surface area contributed by atoms with Crippen LogP contribution in [-0.2, 0) is 6.54 Å². The average molecular weight is 324 g/mol. The van der Waals surface area contributed by atoms with Crippen molar-refractivity contribution in [3.8, 4) is 0 Å². The van der Waals surface area contributed by atoms with Gasteiger partial charge in [-0.15, -0.1) is 11.3 Å². The van der Waals surface area contributed by atoms with Crippen molar-refractivity contribution in [3.05, 3.63) is 45.9 Å². The summed E-state index contributed by atoms with van der Waals surface area (Å²) in [7, 11) is 2.06. The van der Waals surface area contributed by atoms with Gasteiger partial charge in [0.05, 0.1) is 6.04 Å². The SMILES string of the molecule is CC(C)NCc1cnc(N(C)C(C)c2ccccc2Cl)s1. The molecule has 0 spiro atoms. The molecule has 114 valence electrons. The first kappa shape index (κ1) is 16.3. The standard InChI is InChI=1S/C16H22ClN3S/c1-11(2)18-9-13-10-19-16(21-13)20(4)12(3)14-7-5-6-8-15(14)17/h5-8,10-12,18H,9H2,1-4H3. The first-order valence-electron chi connectivity index (χ1n) is 7.14. The lowest BCUT2D eigenvalue weighted by Crippen LogP contribution is -2.21. The number of anilines is 1. The molecule has 0 aliphatic carbocycles. The van der Waals surface area contributed by atoms with Gasteiger partial charge in [-0.25, -0.2) is 4.98 Å². The molecule has 0 amide bonds. The van der Waals surface area contributed by atoms with Gasteiger partial charge in [-0.3, -0.25) is 0 Å². The van der Waals surface area contributed by atoms with Gasteiger partial charge in [0, 0.05) is 35.7 Å². The zero-order valence-corrected chi connectivity index (χ0v) is 14.5.